The molecule has 92 valence electrons. The molecule has 1 N–H and O–H groups in total. The Balaban J connectivity index is 2.35. The van der Waals surface area contributed by atoms with E-state index in [-0.39, 0.29) is 18.4 Å². The summed E-state index contributed by atoms with van der Waals surface area (Å²) in [5.41, 5.74) is 1.69. The number of hydrogen-bond acceptors (Lipinski definition) is 2. The van der Waals surface area contributed by atoms with Crippen molar-refractivity contribution in [2.24, 2.45) is 5.92 Å². The number of carbonyl (C=O) groups excluding carboxylic acids is 1. The predicted molar refractivity (Wildman–Crippen MR) is 68.7 cm³/mol. The molecule has 17 heavy (non-hydrogen) atoms. The van der Waals surface area contributed by atoms with Gasteiger partial charge in [0.15, 0.2) is 0 Å². The van der Waals surface area contributed by atoms with E-state index >= 15 is 0 Å². The molecule has 1 aromatic carbocycles. The van der Waals surface area contributed by atoms with Crippen molar-refractivity contribution in [3.8, 4) is 0 Å². The molecule has 1 saturated heterocycles. The second kappa shape index (κ2) is 4.84. The summed E-state index contributed by atoms with van der Waals surface area (Å²) in [5.74, 6) is 0.0295. The summed E-state index contributed by atoms with van der Waals surface area (Å²) in [6, 6.07) is 3.45. The van der Waals surface area contributed by atoms with Gasteiger partial charge in [-0.2, -0.15) is 0 Å². The molecule has 1 heterocycles. The minimum atomic E-state index is 0.0105. The minimum absolute atomic E-state index is 0.0105. The van der Waals surface area contributed by atoms with Crippen LogP contribution in [0.15, 0.2) is 12.1 Å². The van der Waals surface area contributed by atoms with Crippen molar-refractivity contribution in [2.45, 2.75) is 13.3 Å². The number of aliphatic hydroxyl groups excluding tert-OH is 1. The number of hydrogen-bond donors (Lipinski definition) is 1. The Morgan fingerprint density at radius 2 is 2.06 bits per heavy atom. The molecule has 0 aliphatic carbocycles. The highest BCUT2D eigenvalue weighted by Crippen LogP contribution is 2.33. The largest absolute Gasteiger partial charge is 0.396 e. The smallest absolute Gasteiger partial charge is 0.227 e. The van der Waals surface area contributed by atoms with Gasteiger partial charge >= 0.3 is 0 Å². The third-order valence-electron chi connectivity index (χ3n) is 2.99. The predicted octanol–water partition coefficient (Wildman–Crippen LogP) is 2.65. The van der Waals surface area contributed by atoms with Crippen molar-refractivity contribution >= 4 is 34.8 Å². The third-order valence-corrected chi connectivity index (χ3v) is 3.72. The Bertz CT molecular complexity index is 462. The maximum absolute atomic E-state index is 11.8. The Kier molecular flexibility index (Phi) is 3.61. The average Bonchev–Trinajstić information content (AvgIpc) is 2.65. The van der Waals surface area contributed by atoms with E-state index in [9.17, 15) is 4.79 Å². The first-order valence-corrected chi connectivity index (χ1v) is 6.15. The lowest BCUT2D eigenvalue weighted by atomic mass is 10.1. The van der Waals surface area contributed by atoms with Gasteiger partial charge < -0.3 is 10.0 Å². The molecule has 0 spiro atoms. The van der Waals surface area contributed by atoms with Gasteiger partial charge in [0.1, 0.15) is 0 Å². The first kappa shape index (κ1) is 12.7. The van der Waals surface area contributed by atoms with Crippen molar-refractivity contribution in [3.05, 3.63) is 27.7 Å². The van der Waals surface area contributed by atoms with Crippen LogP contribution in [0.25, 0.3) is 0 Å². The van der Waals surface area contributed by atoms with Crippen molar-refractivity contribution in [1.82, 2.24) is 0 Å². The van der Waals surface area contributed by atoms with Crippen molar-refractivity contribution in [1.29, 1.82) is 0 Å². The maximum atomic E-state index is 11.8. The molecule has 0 aromatic heterocycles. The molecule has 0 radical (unpaired) electrons. The van der Waals surface area contributed by atoms with Crippen molar-refractivity contribution in [3.63, 3.8) is 0 Å². The molecule has 5 heteroatoms. The summed E-state index contributed by atoms with van der Waals surface area (Å²) in [6.45, 7) is 2.45. The van der Waals surface area contributed by atoms with Crippen LogP contribution in [0.1, 0.15) is 12.0 Å². The van der Waals surface area contributed by atoms with E-state index in [4.69, 9.17) is 28.3 Å². The highest BCUT2D eigenvalue weighted by Gasteiger charge is 2.31. The molecule has 1 atom stereocenters. The maximum Gasteiger partial charge on any atom is 0.227 e. The van der Waals surface area contributed by atoms with Crippen molar-refractivity contribution < 1.29 is 9.90 Å². The van der Waals surface area contributed by atoms with Crippen molar-refractivity contribution in [2.75, 3.05) is 18.1 Å². The quantitative estimate of drug-likeness (QED) is 0.900. The molecule has 0 bridgehead atoms. The average molecular weight is 274 g/mol. The molecular formula is C12H13Cl2NO2. The zero-order valence-electron chi connectivity index (χ0n) is 9.41. The van der Waals surface area contributed by atoms with Gasteiger partial charge in [0.25, 0.3) is 0 Å². The Morgan fingerprint density at radius 1 is 1.41 bits per heavy atom. The van der Waals surface area contributed by atoms with Gasteiger partial charge in [0.2, 0.25) is 5.91 Å². The van der Waals surface area contributed by atoms with Gasteiger partial charge in [-0.25, -0.2) is 0 Å². The van der Waals surface area contributed by atoms with E-state index in [0.717, 1.165) is 11.3 Å². The van der Waals surface area contributed by atoms with E-state index in [0.29, 0.717) is 23.0 Å². The summed E-state index contributed by atoms with van der Waals surface area (Å²) in [6.07, 6.45) is 0.385. The van der Waals surface area contributed by atoms with Gasteiger partial charge in [-0.15, -0.1) is 0 Å². The second-order valence-corrected chi connectivity index (χ2v) is 5.12. The van der Waals surface area contributed by atoms with Gasteiger partial charge in [0, 0.05) is 31.2 Å². The zero-order chi connectivity index (χ0) is 12.6. The van der Waals surface area contributed by atoms with Crippen LogP contribution in [0.3, 0.4) is 0 Å². The Morgan fingerprint density at radius 3 is 2.65 bits per heavy atom. The summed E-state index contributed by atoms with van der Waals surface area (Å²) >= 11 is 11.9. The molecule has 1 fully saturated rings. The summed E-state index contributed by atoms with van der Waals surface area (Å²) < 4.78 is 0. The standard InChI is InChI=1S/C12H13Cl2NO2/c1-7-2-9(13)10(14)4-11(7)15-5-8(6-16)3-12(15)17/h2,4,8,16H,3,5-6H2,1H3. The number of rotatable bonds is 2. The number of benzene rings is 1. The van der Waals surface area contributed by atoms with Crippen LogP contribution in [0, 0.1) is 12.8 Å². The van der Waals surface area contributed by atoms with E-state index in [1.807, 2.05) is 6.92 Å². The second-order valence-electron chi connectivity index (χ2n) is 4.31. The first-order chi connectivity index (χ1) is 8.02. The number of aliphatic hydroxyl groups is 1. The van der Waals surface area contributed by atoms with E-state index in [2.05, 4.69) is 0 Å². The lowest BCUT2D eigenvalue weighted by Crippen LogP contribution is -2.25. The fourth-order valence-electron chi connectivity index (χ4n) is 2.06. The Labute approximate surface area is 110 Å². The molecule has 1 amide bonds. The number of amides is 1. The fourth-order valence-corrected chi connectivity index (χ4v) is 2.44. The highest BCUT2D eigenvalue weighted by molar-refractivity contribution is 6.42. The van der Waals surface area contributed by atoms with Crippen LogP contribution in [0.4, 0.5) is 5.69 Å². The number of carbonyl (C=O) groups is 1. The number of anilines is 1. The normalized spacial score (nSPS) is 20.1. The van der Waals surface area contributed by atoms with Crippen LogP contribution < -0.4 is 4.90 Å². The number of aryl methyl sites for hydroxylation is 1. The van der Waals surface area contributed by atoms with E-state index in [1.54, 1.807) is 17.0 Å². The SMILES string of the molecule is Cc1cc(Cl)c(Cl)cc1N1CC(CO)CC1=O. The van der Waals surface area contributed by atoms with Crippen LogP contribution in [-0.2, 0) is 4.79 Å². The first-order valence-electron chi connectivity index (χ1n) is 5.39. The third kappa shape index (κ3) is 2.41. The van der Waals surface area contributed by atoms with Gasteiger partial charge in [-0.3, -0.25) is 4.79 Å². The van der Waals surface area contributed by atoms with Crippen LogP contribution >= 0.6 is 23.2 Å². The van der Waals surface area contributed by atoms with E-state index in [1.165, 1.54) is 0 Å². The summed E-state index contributed by atoms with van der Waals surface area (Å²) in [7, 11) is 0. The molecular weight excluding hydrogens is 261 g/mol. The lowest BCUT2D eigenvalue weighted by Gasteiger charge is -2.19. The molecule has 1 unspecified atom stereocenters. The number of nitrogens with zero attached hydrogens (tertiary/aromatic N) is 1. The van der Waals surface area contributed by atoms with E-state index < -0.39 is 0 Å². The fraction of sp³-hybridized carbons (Fsp3) is 0.417. The molecule has 0 saturated carbocycles. The molecule has 2 rings (SSSR count). The Hall–Kier alpha value is -0.770. The lowest BCUT2D eigenvalue weighted by molar-refractivity contribution is -0.117. The molecule has 1 aliphatic heterocycles. The van der Waals surface area contributed by atoms with Gasteiger partial charge in [-0.05, 0) is 24.6 Å². The van der Waals surface area contributed by atoms with Gasteiger partial charge in [0.05, 0.1) is 10.0 Å². The van der Waals surface area contributed by atoms with Crippen LogP contribution in [0.2, 0.25) is 10.0 Å². The van der Waals surface area contributed by atoms with Crippen LogP contribution in [0.5, 0.6) is 0 Å². The minimum Gasteiger partial charge on any atom is -0.396 e. The monoisotopic (exact) mass is 273 g/mol. The highest BCUT2D eigenvalue weighted by atomic mass is 35.5. The van der Waals surface area contributed by atoms with Crippen LogP contribution in [-0.4, -0.2) is 24.2 Å². The number of halogens is 2. The van der Waals surface area contributed by atoms with Gasteiger partial charge in [-0.1, -0.05) is 23.2 Å². The summed E-state index contributed by atoms with van der Waals surface area (Å²) in [5, 5.41) is 10.0. The topological polar surface area (TPSA) is 40.5 Å². The summed E-state index contributed by atoms with van der Waals surface area (Å²) in [4.78, 5) is 13.5. The molecule has 1 aromatic rings. The zero-order valence-corrected chi connectivity index (χ0v) is 10.9. The molecule has 1 aliphatic rings. The molecule has 3 nitrogen and oxygen atoms in total.